The third-order valence-electron chi connectivity index (χ3n) is 2.95. The highest BCUT2D eigenvalue weighted by molar-refractivity contribution is 5.85. The van der Waals surface area contributed by atoms with Crippen LogP contribution in [0, 0.1) is 5.82 Å². The van der Waals surface area contributed by atoms with E-state index in [0.717, 1.165) is 18.2 Å². The SMILES string of the molecule is CC(=O)NCCC(O)C(O)c1ccc(F)c(/C=C/C(=O)O)c1. The molecule has 22 heavy (non-hydrogen) atoms. The zero-order valence-electron chi connectivity index (χ0n) is 12.0. The van der Waals surface area contributed by atoms with Crippen LogP contribution in [0.1, 0.15) is 30.6 Å². The van der Waals surface area contributed by atoms with Gasteiger partial charge in [0.2, 0.25) is 5.91 Å². The lowest BCUT2D eigenvalue weighted by Gasteiger charge is -2.18. The molecule has 1 aromatic rings. The number of carboxylic acid groups (broad SMARTS) is 1. The molecule has 0 aromatic heterocycles. The highest BCUT2D eigenvalue weighted by Gasteiger charge is 2.19. The molecule has 7 heteroatoms. The summed E-state index contributed by atoms with van der Waals surface area (Å²) in [5, 5.41) is 30.9. The van der Waals surface area contributed by atoms with E-state index >= 15 is 0 Å². The lowest BCUT2D eigenvalue weighted by atomic mass is 9.99. The van der Waals surface area contributed by atoms with Gasteiger partial charge in [-0.1, -0.05) is 6.07 Å². The monoisotopic (exact) mass is 311 g/mol. The number of carboxylic acids is 1. The van der Waals surface area contributed by atoms with Crippen molar-refractivity contribution in [2.45, 2.75) is 25.6 Å². The van der Waals surface area contributed by atoms with Crippen LogP contribution in [0.25, 0.3) is 6.08 Å². The Labute approximate surface area is 126 Å². The molecule has 6 nitrogen and oxygen atoms in total. The summed E-state index contributed by atoms with van der Waals surface area (Å²) < 4.78 is 13.5. The Morgan fingerprint density at radius 3 is 2.64 bits per heavy atom. The molecule has 1 amide bonds. The maximum Gasteiger partial charge on any atom is 0.328 e. The van der Waals surface area contributed by atoms with Gasteiger partial charge < -0.3 is 20.6 Å². The minimum Gasteiger partial charge on any atom is -0.478 e. The molecule has 2 unspecified atom stereocenters. The van der Waals surface area contributed by atoms with Crippen LogP contribution in [-0.2, 0) is 9.59 Å². The van der Waals surface area contributed by atoms with Gasteiger partial charge in [-0.2, -0.15) is 0 Å². The van der Waals surface area contributed by atoms with E-state index in [2.05, 4.69) is 5.32 Å². The van der Waals surface area contributed by atoms with Crippen molar-refractivity contribution >= 4 is 18.0 Å². The molecule has 120 valence electrons. The Kier molecular flexibility index (Phi) is 6.68. The van der Waals surface area contributed by atoms with E-state index in [1.807, 2.05) is 0 Å². The minimum absolute atomic E-state index is 0.00647. The van der Waals surface area contributed by atoms with Crippen molar-refractivity contribution in [3.05, 3.63) is 41.2 Å². The van der Waals surface area contributed by atoms with Gasteiger partial charge in [0.05, 0.1) is 6.10 Å². The molecule has 2 atom stereocenters. The lowest BCUT2D eigenvalue weighted by molar-refractivity contribution is -0.131. The van der Waals surface area contributed by atoms with Crippen LogP contribution in [0.2, 0.25) is 0 Å². The molecular formula is C15H18FNO5. The van der Waals surface area contributed by atoms with Crippen LogP contribution < -0.4 is 5.32 Å². The number of hydrogen-bond donors (Lipinski definition) is 4. The van der Waals surface area contributed by atoms with Gasteiger partial charge in [-0.3, -0.25) is 4.79 Å². The van der Waals surface area contributed by atoms with Gasteiger partial charge in [0, 0.05) is 25.1 Å². The van der Waals surface area contributed by atoms with E-state index in [-0.39, 0.29) is 30.0 Å². The van der Waals surface area contributed by atoms with Gasteiger partial charge in [-0.05, 0) is 30.2 Å². The second-order valence-electron chi connectivity index (χ2n) is 4.74. The number of halogens is 1. The molecule has 0 radical (unpaired) electrons. The largest absolute Gasteiger partial charge is 0.478 e. The summed E-state index contributed by atoms with van der Waals surface area (Å²) in [6, 6.07) is 3.65. The second kappa shape index (κ2) is 8.26. The van der Waals surface area contributed by atoms with E-state index in [4.69, 9.17) is 5.11 Å². The normalized spacial score (nSPS) is 13.8. The Morgan fingerprint density at radius 1 is 1.36 bits per heavy atom. The summed E-state index contributed by atoms with van der Waals surface area (Å²) in [6.45, 7) is 1.53. The average molecular weight is 311 g/mol. The van der Waals surface area contributed by atoms with Crippen molar-refractivity contribution in [3.63, 3.8) is 0 Å². The van der Waals surface area contributed by atoms with Crippen molar-refractivity contribution in [2.24, 2.45) is 0 Å². The fraction of sp³-hybridized carbons (Fsp3) is 0.333. The summed E-state index contributed by atoms with van der Waals surface area (Å²) in [5.41, 5.74) is 0.245. The summed E-state index contributed by atoms with van der Waals surface area (Å²) in [4.78, 5) is 21.2. The summed E-state index contributed by atoms with van der Waals surface area (Å²) >= 11 is 0. The van der Waals surface area contributed by atoms with Crippen LogP contribution in [-0.4, -0.2) is 39.8 Å². The molecule has 0 aliphatic rings. The van der Waals surface area contributed by atoms with Crippen molar-refractivity contribution in [3.8, 4) is 0 Å². The van der Waals surface area contributed by atoms with Gasteiger partial charge in [0.1, 0.15) is 11.9 Å². The molecule has 4 N–H and O–H groups in total. The van der Waals surface area contributed by atoms with Crippen molar-refractivity contribution < 1.29 is 29.3 Å². The van der Waals surface area contributed by atoms with Gasteiger partial charge in [0.15, 0.2) is 0 Å². The molecule has 0 fully saturated rings. The fourth-order valence-corrected chi connectivity index (χ4v) is 1.81. The predicted octanol–water partition coefficient (Wildman–Crippen LogP) is 0.844. The first-order valence-corrected chi connectivity index (χ1v) is 6.62. The molecule has 0 saturated carbocycles. The highest BCUT2D eigenvalue weighted by Crippen LogP contribution is 2.22. The maximum absolute atomic E-state index is 13.5. The summed E-state index contributed by atoms with van der Waals surface area (Å²) in [6.07, 6.45) is -0.447. The fourth-order valence-electron chi connectivity index (χ4n) is 1.81. The van der Waals surface area contributed by atoms with Gasteiger partial charge in [-0.15, -0.1) is 0 Å². The van der Waals surface area contributed by atoms with E-state index in [1.165, 1.54) is 19.1 Å². The smallest absolute Gasteiger partial charge is 0.328 e. The Bertz CT molecular complexity index is 573. The number of hydrogen-bond acceptors (Lipinski definition) is 4. The van der Waals surface area contributed by atoms with Gasteiger partial charge >= 0.3 is 5.97 Å². The topological polar surface area (TPSA) is 107 Å². The van der Waals surface area contributed by atoms with Crippen LogP contribution in [0.5, 0.6) is 0 Å². The third kappa shape index (κ3) is 5.63. The molecule has 1 aromatic carbocycles. The molecular weight excluding hydrogens is 293 g/mol. The zero-order valence-corrected chi connectivity index (χ0v) is 12.0. The Balaban J connectivity index is 2.80. The van der Waals surface area contributed by atoms with E-state index < -0.39 is 24.0 Å². The molecule has 0 heterocycles. The standard InChI is InChI=1S/C15H18FNO5/c1-9(18)17-7-6-13(19)15(22)11-2-4-12(16)10(8-11)3-5-14(20)21/h2-5,8,13,15,19,22H,6-7H2,1H3,(H,17,18)(H,20,21)/b5-3+. The summed E-state index contributed by atoms with van der Waals surface area (Å²) in [7, 11) is 0. The van der Waals surface area contributed by atoms with Crippen molar-refractivity contribution in [2.75, 3.05) is 6.54 Å². The predicted molar refractivity (Wildman–Crippen MR) is 77.3 cm³/mol. The zero-order chi connectivity index (χ0) is 16.7. The first-order chi connectivity index (χ1) is 10.3. The lowest BCUT2D eigenvalue weighted by Crippen LogP contribution is -2.27. The van der Waals surface area contributed by atoms with Crippen LogP contribution >= 0.6 is 0 Å². The number of nitrogens with one attached hydrogen (secondary N) is 1. The number of aliphatic hydroxyl groups is 2. The van der Waals surface area contributed by atoms with Crippen LogP contribution in [0.15, 0.2) is 24.3 Å². The maximum atomic E-state index is 13.5. The molecule has 0 bridgehead atoms. The Hall–Kier alpha value is -2.25. The second-order valence-corrected chi connectivity index (χ2v) is 4.74. The molecule has 1 rings (SSSR count). The molecule has 0 aliphatic carbocycles. The quantitative estimate of drug-likeness (QED) is 0.558. The van der Waals surface area contributed by atoms with Crippen molar-refractivity contribution in [1.82, 2.24) is 5.32 Å². The minimum atomic E-state index is -1.27. The third-order valence-corrected chi connectivity index (χ3v) is 2.95. The molecule has 0 spiro atoms. The van der Waals surface area contributed by atoms with Crippen LogP contribution in [0.3, 0.4) is 0 Å². The van der Waals surface area contributed by atoms with Gasteiger partial charge in [0.25, 0.3) is 0 Å². The van der Waals surface area contributed by atoms with Gasteiger partial charge in [-0.25, -0.2) is 9.18 Å². The first-order valence-electron chi connectivity index (χ1n) is 6.62. The van der Waals surface area contributed by atoms with Crippen LogP contribution in [0.4, 0.5) is 4.39 Å². The number of carbonyl (C=O) groups is 2. The van der Waals surface area contributed by atoms with Crippen molar-refractivity contribution in [1.29, 1.82) is 0 Å². The van der Waals surface area contributed by atoms with E-state index in [0.29, 0.717) is 0 Å². The number of benzene rings is 1. The number of rotatable bonds is 7. The van der Waals surface area contributed by atoms with E-state index in [9.17, 15) is 24.2 Å². The first kappa shape index (κ1) is 17.8. The number of aliphatic hydroxyl groups excluding tert-OH is 2. The molecule has 0 aliphatic heterocycles. The highest BCUT2D eigenvalue weighted by atomic mass is 19.1. The Morgan fingerprint density at radius 2 is 2.05 bits per heavy atom. The number of aliphatic carboxylic acids is 1. The summed E-state index contributed by atoms with van der Waals surface area (Å²) in [5.74, 6) is -2.11. The molecule has 0 saturated heterocycles. The van der Waals surface area contributed by atoms with E-state index in [1.54, 1.807) is 0 Å². The number of amides is 1. The number of carbonyl (C=O) groups excluding carboxylic acids is 1. The average Bonchev–Trinajstić information content (AvgIpc) is 2.45.